The highest BCUT2D eigenvalue weighted by Crippen LogP contribution is 2.23. The van der Waals surface area contributed by atoms with Gasteiger partial charge < -0.3 is 10.3 Å². The molecule has 0 unspecified atom stereocenters. The third-order valence-corrected chi connectivity index (χ3v) is 6.83. The highest BCUT2D eigenvalue weighted by atomic mass is 32.1. The van der Waals surface area contributed by atoms with Crippen molar-refractivity contribution in [3.05, 3.63) is 81.4 Å². The van der Waals surface area contributed by atoms with Crippen LogP contribution in [0.3, 0.4) is 0 Å². The molecule has 1 amide bonds. The summed E-state index contributed by atoms with van der Waals surface area (Å²) in [6.45, 7) is 0.536. The molecule has 2 N–H and O–H groups in total. The number of aromatic amines is 1. The maximum Gasteiger partial charge on any atom is 0.262 e. The van der Waals surface area contributed by atoms with Gasteiger partial charge in [-0.2, -0.15) is 0 Å². The van der Waals surface area contributed by atoms with Crippen LogP contribution in [-0.2, 0) is 11.3 Å². The van der Waals surface area contributed by atoms with Crippen molar-refractivity contribution in [2.75, 3.05) is 5.32 Å². The molecule has 5 rings (SSSR count). The quantitative estimate of drug-likeness (QED) is 0.218. The summed E-state index contributed by atoms with van der Waals surface area (Å²) >= 11 is 6.95. The fraction of sp³-hybridized carbons (Fsp3) is 0.200. The maximum atomic E-state index is 12.7. The Morgan fingerprint density at radius 2 is 1.91 bits per heavy atom. The molecule has 0 spiro atoms. The SMILES string of the molecule is O=C(CCCCCn1c(=S)[nH]c2ccccc2c1=O)Nc1ccc(-c2cn3ccsc3n2)cc1. The molecule has 3 aromatic heterocycles. The molecule has 0 atom stereocenters. The number of carbonyl (C=O) groups is 1. The third-order valence-electron chi connectivity index (χ3n) is 5.73. The van der Waals surface area contributed by atoms with E-state index in [0.29, 0.717) is 23.1 Å². The number of benzene rings is 2. The number of hydrogen-bond acceptors (Lipinski definition) is 5. The highest BCUT2D eigenvalue weighted by Gasteiger charge is 2.08. The van der Waals surface area contributed by atoms with E-state index in [4.69, 9.17) is 12.2 Å². The molecule has 0 aliphatic rings. The van der Waals surface area contributed by atoms with Gasteiger partial charge in [-0.1, -0.05) is 30.7 Å². The number of anilines is 1. The molecule has 0 saturated heterocycles. The number of thiazole rings is 1. The summed E-state index contributed by atoms with van der Waals surface area (Å²) < 4.78 is 4.03. The van der Waals surface area contributed by atoms with E-state index in [9.17, 15) is 9.59 Å². The van der Waals surface area contributed by atoms with Gasteiger partial charge in [0, 0.05) is 42.0 Å². The third kappa shape index (κ3) is 4.71. The number of amides is 1. The van der Waals surface area contributed by atoms with Gasteiger partial charge in [0.25, 0.3) is 5.56 Å². The Balaban J connectivity index is 1.10. The predicted octanol–water partition coefficient (Wildman–Crippen LogP) is 5.63. The lowest BCUT2D eigenvalue weighted by Gasteiger charge is -2.08. The van der Waals surface area contributed by atoms with Crippen molar-refractivity contribution in [3.8, 4) is 11.3 Å². The Bertz CT molecular complexity index is 1550. The Morgan fingerprint density at radius 3 is 2.74 bits per heavy atom. The molecule has 2 aromatic carbocycles. The summed E-state index contributed by atoms with van der Waals surface area (Å²) in [5, 5.41) is 5.59. The zero-order valence-corrected chi connectivity index (χ0v) is 20.0. The summed E-state index contributed by atoms with van der Waals surface area (Å²) in [6.07, 6.45) is 6.77. The number of hydrogen-bond donors (Lipinski definition) is 2. The smallest absolute Gasteiger partial charge is 0.262 e. The normalized spacial score (nSPS) is 11.3. The van der Waals surface area contributed by atoms with E-state index >= 15 is 0 Å². The van der Waals surface area contributed by atoms with E-state index in [1.54, 1.807) is 22.0 Å². The monoisotopic (exact) mass is 489 g/mol. The number of nitrogens with zero attached hydrogens (tertiary/aromatic N) is 3. The molecule has 0 bridgehead atoms. The van der Waals surface area contributed by atoms with Crippen molar-refractivity contribution >= 4 is 51.0 Å². The molecule has 34 heavy (non-hydrogen) atoms. The van der Waals surface area contributed by atoms with Crippen molar-refractivity contribution in [3.63, 3.8) is 0 Å². The van der Waals surface area contributed by atoms with Crippen LogP contribution in [0.25, 0.3) is 27.1 Å². The Morgan fingerprint density at radius 1 is 1.09 bits per heavy atom. The molecule has 3 heterocycles. The molecule has 0 radical (unpaired) electrons. The first kappa shape index (κ1) is 22.2. The molecule has 172 valence electrons. The fourth-order valence-electron chi connectivity index (χ4n) is 3.95. The van der Waals surface area contributed by atoms with Crippen LogP contribution in [0.2, 0.25) is 0 Å². The van der Waals surface area contributed by atoms with Gasteiger partial charge in [0.15, 0.2) is 9.73 Å². The first-order chi connectivity index (χ1) is 16.6. The molecule has 7 nitrogen and oxygen atoms in total. The number of carbonyl (C=O) groups excluding carboxylic acids is 1. The Hall–Kier alpha value is -3.56. The van der Waals surface area contributed by atoms with Crippen molar-refractivity contribution in [1.82, 2.24) is 18.9 Å². The minimum atomic E-state index is -0.0732. The second kappa shape index (κ2) is 9.74. The highest BCUT2D eigenvalue weighted by molar-refractivity contribution is 7.71. The lowest BCUT2D eigenvalue weighted by Crippen LogP contribution is -2.22. The molecule has 0 saturated carbocycles. The predicted molar refractivity (Wildman–Crippen MR) is 139 cm³/mol. The lowest BCUT2D eigenvalue weighted by atomic mass is 10.1. The maximum absolute atomic E-state index is 12.7. The van der Waals surface area contributed by atoms with Crippen molar-refractivity contribution < 1.29 is 4.79 Å². The Kier molecular flexibility index (Phi) is 6.37. The van der Waals surface area contributed by atoms with Gasteiger partial charge in [-0.3, -0.25) is 18.6 Å². The lowest BCUT2D eigenvalue weighted by molar-refractivity contribution is -0.116. The summed E-state index contributed by atoms with van der Waals surface area (Å²) in [7, 11) is 0. The van der Waals surface area contributed by atoms with Crippen LogP contribution in [0.1, 0.15) is 25.7 Å². The number of rotatable bonds is 8. The van der Waals surface area contributed by atoms with Crippen LogP contribution in [0.5, 0.6) is 0 Å². The molecular formula is C25H23N5O2S2. The average Bonchev–Trinajstić information content (AvgIpc) is 3.44. The number of fused-ring (bicyclic) bond motifs is 2. The first-order valence-electron chi connectivity index (χ1n) is 11.1. The summed E-state index contributed by atoms with van der Waals surface area (Å²) in [5.74, 6) is -0.0181. The number of H-pyrrole nitrogens is 1. The summed E-state index contributed by atoms with van der Waals surface area (Å²) in [5.41, 5.74) is 3.37. The van der Waals surface area contributed by atoms with Crippen molar-refractivity contribution in [1.29, 1.82) is 0 Å². The van der Waals surface area contributed by atoms with Gasteiger partial charge >= 0.3 is 0 Å². The van der Waals surface area contributed by atoms with Crippen LogP contribution in [-0.4, -0.2) is 24.8 Å². The largest absolute Gasteiger partial charge is 0.332 e. The topological polar surface area (TPSA) is 84.2 Å². The standard InChI is InChI=1S/C25H23N5O2S2/c31-22(26-18-11-9-17(10-12-18)21-16-29-14-15-34-25(29)28-21)8-2-1-5-13-30-23(32)19-6-3-4-7-20(19)27-24(30)33/h3-4,6-7,9-12,14-16H,1-2,5,8,13H2,(H,26,31)(H,27,33). The van der Waals surface area contributed by atoms with E-state index in [2.05, 4.69) is 15.3 Å². The minimum absolute atomic E-state index is 0.0181. The minimum Gasteiger partial charge on any atom is -0.332 e. The van der Waals surface area contributed by atoms with Crippen molar-refractivity contribution in [2.24, 2.45) is 0 Å². The molecule has 0 fully saturated rings. The summed E-state index contributed by atoms with van der Waals surface area (Å²) in [4.78, 5) is 33.7. The zero-order chi connectivity index (χ0) is 23.5. The molecular weight excluding hydrogens is 466 g/mol. The van der Waals surface area contributed by atoms with Gasteiger partial charge in [0.2, 0.25) is 5.91 Å². The molecule has 9 heteroatoms. The van der Waals surface area contributed by atoms with Gasteiger partial charge in [0.1, 0.15) is 0 Å². The van der Waals surface area contributed by atoms with Crippen molar-refractivity contribution in [2.45, 2.75) is 32.2 Å². The molecule has 0 aliphatic heterocycles. The number of imidazole rings is 1. The Labute approximate surface area is 204 Å². The van der Waals surface area contributed by atoms with Crippen LogP contribution in [0.4, 0.5) is 5.69 Å². The van der Waals surface area contributed by atoms with Crippen LogP contribution >= 0.6 is 23.6 Å². The van der Waals surface area contributed by atoms with Gasteiger partial charge in [-0.15, -0.1) is 11.3 Å². The molecule has 0 aliphatic carbocycles. The number of para-hydroxylation sites is 1. The molecule has 5 aromatic rings. The van der Waals surface area contributed by atoms with Crippen LogP contribution in [0.15, 0.2) is 71.1 Å². The fourth-order valence-corrected chi connectivity index (χ4v) is 4.93. The van der Waals surface area contributed by atoms with E-state index in [1.165, 1.54) is 0 Å². The second-order valence-corrected chi connectivity index (χ2v) is 9.35. The van der Waals surface area contributed by atoms with Gasteiger partial charge in [-0.05, 0) is 49.3 Å². The number of nitrogens with one attached hydrogen (secondary N) is 2. The van der Waals surface area contributed by atoms with E-state index in [1.807, 2.05) is 64.6 Å². The van der Waals surface area contributed by atoms with Crippen LogP contribution < -0.4 is 10.9 Å². The average molecular weight is 490 g/mol. The summed E-state index contributed by atoms with van der Waals surface area (Å²) in [6, 6.07) is 15.1. The van der Waals surface area contributed by atoms with E-state index < -0.39 is 0 Å². The van der Waals surface area contributed by atoms with Gasteiger partial charge in [0.05, 0.1) is 16.6 Å². The first-order valence-corrected chi connectivity index (χ1v) is 12.4. The van der Waals surface area contributed by atoms with E-state index in [-0.39, 0.29) is 11.5 Å². The number of unbranched alkanes of at least 4 members (excludes halogenated alkanes) is 2. The number of aromatic nitrogens is 4. The van der Waals surface area contributed by atoms with Gasteiger partial charge in [-0.25, -0.2) is 4.98 Å². The second-order valence-electron chi connectivity index (χ2n) is 8.09. The zero-order valence-electron chi connectivity index (χ0n) is 18.4. The van der Waals surface area contributed by atoms with Crippen LogP contribution in [0, 0.1) is 4.77 Å². The van der Waals surface area contributed by atoms with E-state index in [0.717, 1.165) is 46.7 Å².